The molecule has 0 aliphatic heterocycles. The third-order valence-electron chi connectivity index (χ3n) is 6.33. The number of nitrogens with one attached hydrogen (secondary N) is 1. The highest BCUT2D eigenvalue weighted by Gasteiger charge is 2.19. The third-order valence-corrected chi connectivity index (χ3v) is 6.82. The number of nitrogens with two attached hydrogens (primary N) is 1. The second kappa shape index (κ2) is 10.1. The number of anilines is 2. The highest BCUT2D eigenvalue weighted by Crippen LogP contribution is 2.31. The summed E-state index contributed by atoms with van der Waals surface area (Å²) in [5.74, 6) is 0.632. The number of rotatable bonds is 5. The number of carbonyl (C=O) groups excluding carboxylic acids is 1. The van der Waals surface area contributed by atoms with Crippen LogP contribution in [-0.2, 0) is 0 Å². The summed E-state index contributed by atoms with van der Waals surface area (Å²) in [6.45, 7) is 1.93. The van der Waals surface area contributed by atoms with Crippen LogP contribution >= 0.6 is 15.9 Å². The highest BCUT2D eigenvalue weighted by molar-refractivity contribution is 9.10. The molecule has 4 heterocycles. The van der Waals surface area contributed by atoms with Gasteiger partial charge >= 0.3 is 0 Å². The van der Waals surface area contributed by atoms with Gasteiger partial charge in [-0.1, -0.05) is 46.3 Å². The molecular weight excluding hydrogens is 554 g/mol. The quantitative estimate of drug-likeness (QED) is 0.244. The van der Waals surface area contributed by atoms with E-state index < -0.39 is 0 Å². The number of nitrogen functional groups attached to an aromatic ring is 1. The number of pyridine rings is 3. The fourth-order valence-corrected chi connectivity index (χ4v) is 4.84. The molecule has 6 rings (SSSR count). The Labute approximate surface area is 232 Å². The summed E-state index contributed by atoms with van der Waals surface area (Å²) < 4.78 is 2.84. The van der Waals surface area contributed by atoms with Gasteiger partial charge in [-0.3, -0.25) is 9.36 Å². The van der Waals surface area contributed by atoms with Crippen molar-refractivity contribution in [2.75, 3.05) is 11.1 Å². The molecule has 8 nitrogen and oxygen atoms in total. The zero-order chi connectivity index (χ0) is 26.9. The van der Waals surface area contributed by atoms with Crippen LogP contribution in [0.15, 0.2) is 102 Å². The van der Waals surface area contributed by atoms with Gasteiger partial charge in [0.1, 0.15) is 17.0 Å². The number of aromatic nitrogens is 5. The van der Waals surface area contributed by atoms with Gasteiger partial charge in [-0.2, -0.15) is 0 Å². The van der Waals surface area contributed by atoms with Gasteiger partial charge in [0.2, 0.25) is 0 Å². The van der Waals surface area contributed by atoms with Crippen molar-refractivity contribution in [1.29, 1.82) is 0 Å². The van der Waals surface area contributed by atoms with E-state index in [1.165, 1.54) is 0 Å². The number of benzene rings is 2. The minimum Gasteiger partial charge on any atom is -0.383 e. The Morgan fingerprint density at radius 2 is 1.77 bits per heavy atom. The van der Waals surface area contributed by atoms with E-state index in [9.17, 15) is 4.79 Å². The minimum absolute atomic E-state index is 0.283. The Balaban J connectivity index is 1.44. The maximum Gasteiger partial charge on any atom is 0.274 e. The lowest BCUT2D eigenvalue weighted by Gasteiger charge is -2.12. The van der Waals surface area contributed by atoms with Crippen molar-refractivity contribution < 1.29 is 4.79 Å². The summed E-state index contributed by atoms with van der Waals surface area (Å²) in [6.07, 6.45) is 3.27. The first-order valence-corrected chi connectivity index (χ1v) is 13.0. The zero-order valence-corrected chi connectivity index (χ0v) is 22.4. The molecule has 3 N–H and O–H groups in total. The van der Waals surface area contributed by atoms with E-state index in [1.54, 1.807) is 18.5 Å². The number of carbonyl (C=O) groups is 1. The summed E-state index contributed by atoms with van der Waals surface area (Å²) in [5, 5.41) is 2.93. The van der Waals surface area contributed by atoms with Crippen molar-refractivity contribution in [3.63, 3.8) is 0 Å². The first kappa shape index (κ1) is 24.4. The lowest BCUT2D eigenvalue weighted by molar-refractivity contribution is 0.102. The molecule has 0 atom stereocenters. The van der Waals surface area contributed by atoms with Crippen molar-refractivity contribution in [3.8, 4) is 28.3 Å². The van der Waals surface area contributed by atoms with Gasteiger partial charge in [0.15, 0.2) is 11.5 Å². The lowest BCUT2D eigenvalue weighted by Crippen LogP contribution is -2.14. The van der Waals surface area contributed by atoms with Crippen LogP contribution in [0.5, 0.6) is 0 Å². The number of hydrogen-bond donors (Lipinski definition) is 2. The molecule has 1 amide bonds. The smallest absolute Gasteiger partial charge is 0.274 e. The third kappa shape index (κ3) is 4.75. The predicted molar refractivity (Wildman–Crippen MR) is 157 cm³/mol. The van der Waals surface area contributed by atoms with Gasteiger partial charge in [0.05, 0.1) is 23.1 Å². The molecule has 0 fully saturated rings. The molecule has 6 aromatic rings. The van der Waals surface area contributed by atoms with Crippen molar-refractivity contribution in [2.24, 2.45) is 0 Å². The summed E-state index contributed by atoms with van der Waals surface area (Å²) in [4.78, 5) is 31.5. The van der Waals surface area contributed by atoms with Crippen LogP contribution < -0.4 is 11.1 Å². The summed E-state index contributed by atoms with van der Waals surface area (Å²) in [6, 6.07) is 26.7. The summed E-state index contributed by atoms with van der Waals surface area (Å²) in [7, 11) is 0. The molecule has 0 aliphatic rings. The van der Waals surface area contributed by atoms with Crippen LogP contribution in [0, 0.1) is 6.92 Å². The minimum atomic E-state index is -0.302. The first-order chi connectivity index (χ1) is 19.0. The van der Waals surface area contributed by atoms with Crippen molar-refractivity contribution >= 4 is 44.5 Å². The van der Waals surface area contributed by atoms with E-state index in [2.05, 4.69) is 31.2 Å². The van der Waals surface area contributed by atoms with E-state index in [0.29, 0.717) is 34.1 Å². The van der Waals surface area contributed by atoms with Crippen LogP contribution in [-0.4, -0.2) is 30.4 Å². The number of halogens is 1. The molecule has 39 heavy (non-hydrogen) atoms. The molecule has 0 spiro atoms. The predicted octanol–water partition coefficient (Wildman–Crippen LogP) is 6.45. The Morgan fingerprint density at radius 3 is 2.51 bits per heavy atom. The van der Waals surface area contributed by atoms with Crippen LogP contribution in [0.3, 0.4) is 0 Å². The fourth-order valence-electron chi connectivity index (χ4n) is 4.37. The zero-order valence-electron chi connectivity index (χ0n) is 20.8. The van der Waals surface area contributed by atoms with Crippen LogP contribution in [0.4, 0.5) is 11.5 Å². The monoisotopic (exact) mass is 575 g/mol. The van der Waals surface area contributed by atoms with Crippen molar-refractivity contribution in [3.05, 3.63) is 113 Å². The Kier molecular flexibility index (Phi) is 6.34. The lowest BCUT2D eigenvalue weighted by atomic mass is 10.1. The van der Waals surface area contributed by atoms with Crippen molar-refractivity contribution in [1.82, 2.24) is 24.5 Å². The largest absolute Gasteiger partial charge is 0.383 e. The molecule has 0 saturated heterocycles. The van der Waals surface area contributed by atoms with Gasteiger partial charge in [-0.15, -0.1) is 0 Å². The molecule has 190 valence electrons. The maximum absolute atomic E-state index is 13.0. The molecule has 4 aromatic heterocycles. The van der Waals surface area contributed by atoms with Crippen LogP contribution in [0.25, 0.3) is 39.5 Å². The van der Waals surface area contributed by atoms with E-state index in [0.717, 1.165) is 27.0 Å². The highest BCUT2D eigenvalue weighted by atomic mass is 79.9. The van der Waals surface area contributed by atoms with E-state index >= 15 is 0 Å². The Hall–Kier alpha value is -4.89. The second-order valence-electron chi connectivity index (χ2n) is 8.93. The van der Waals surface area contributed by atoms with Crippen LogP contribution in [0.2, 0.25) is 0 Å². The second-order valence-corrected chi connectivity index (χ2v) is 9.84. The number of hydrogen-bond acceptors (Lipinski definition) is 6. The van der Waals surface area contributed by atoms with E-state index in [1.807, 2.05) is 90.4 Å². The molecule has 0 aliphatic carbocycles. The Morgan fingerprint density at radius 1 is 0.923 bits per heavy atom. The number of imidazole rings is 1. The first-order valence-electron chi connectivity index (χ1n) is 12.2. The Bertz CT molecular complexity index is 1830. The van der Waals surface area contributed by atoms with Gasteiger partial charge in [-0.25, -0.2) is 19.9 Å². The van der Waals surface area contributed by atoms with Gasteiger partial charge in [0, 0.05) is 21.9 Å². The number of fused-ring (bicyclic) bond motifs is 1. The normalized spacial score (nSPS) is 11.0. The SMILES string of the molecule is Cc1cc(Br)ccc1NC(=O)c1ccc(-n2c(-c3cccnc3N)nc3ccc(-c4ccccc4)nc32)cn1. The number of nitrogens with zero attached hydrogens (tertiary/aromatic N) is 5. The molecule has 0 bridgehead atoms. The van der Waals surface area contributed by atoms with E-state index in [4.69, 9.17) is 15.7 Å². The standard InChI is InChI=1S/C30H22BrN7O/c1-18-16-20(31)9-11-23(18)37-30(39)26-12-10-21(17-34-26)38-28(22-8-5-15-33-27(22)32)36-25-14-13-24(35-29(25)38)19-6-3-2-4-7-19/h2-17H,1H3,(H2,32,33)(H,37,39). The fraction of sp³-hybridized carbons (Fsp3) is 0.0333. The number of aryl methyl sites for hydroxylation is 1. The topological polar surface area (TPSA) is 112 Å². The van der Waals surface area contributed by atoms with Gasteiger partial charge in [0.25, 0.3) is 5.91 Å². The molecule has 0 saturated carbocycles. The summed E-state index contributed by atoms with van der Waals surface area (Å²) >= 11 is 3.45. The van der Waals surface area contributed by atoms with Gasteiger partial charge < -0.3 is 11.1 Å². The molecule has 0 radical (unpaired) electrons. The number of amides is 1. The van der Waals surface area contributed by atoms with Crippen LogP contribution in [0.1, 0.15) is 16.1 Å². The molecule has 9 heteroatoms. The molecule has 0 unspecified atom stereocenters. The average molecular weight is 576 g/mol. The van der Waals surface area contributed by atoms with Gasteiger partial charge in [-0.05, 0) is 67.1 Å². The average Bonchev–Trinajstić information content (AvgIpc) is 3.34. The molecular formula is C30H22BrN7O. The molecule has 2 aromatic carbocycles. The summed E-state index contributed by atoms with van der Waals surface area (Å²) in [5.41, 5.74) is 12.7. The van der Waals surface area contributed by atoms with Crippen molar-refractivity contribution in [2.45, 2.75) is 6.92 Å². The maximum atomic E-state index is 13.0. The van der Waals surface area contributed by atoms with E-state index in [-0.39, 0.29) is 11.6 Å².